The van der Waals surface area contributed by atoms with E-state index in [1.165, 1.54) is 6.07 Å². The van der Waals surface area contributed by atoms with Crippen LogP contribution in [-0.4, -0.2) is 64.7 Å². The number of rotatable bonds is 15. The number of amides is 5. The smallest absolute Gasteiger partial charge is 0.407 e. The van der Waals surface area contributed by atoms with E-state index in [0.717, 1.165) is 59.5 Å². The number of carbonyl (C=O) groups excluding carboxylic acids is 4. The maximum absolute atomic E-state index is 14.0. The minimum absolute atomic E-state index is 0.243. The number of fused-ring (bicyclic) bond motifs is 2. The number of benzene rings is 2. The lowest BCUT2D eigenvalue weighted by atomic mass is 9.84. The van der Waals surface area contributed by atoms with Crippen LogP contribution in [0.25, 0.3) is 21.8 Å². The van der Waals surface area contributed by atoms with Gasteiger partial charge in [0.15, 0.2) is 0 Å². The molecule has 0 aliphatic heterocycles. The molecular weight excluding hydrogens is 686 g/mol. The molecule has 2 heterocycles. The number of unbranched alkanes of at least 4 members (excludes halogenated alkanes) is 1. The number of anilines is 1. The average molecular weight is 742 g/mol. The van der Waals surface area contributed by atoms with Crippen LogP contribution in [-0.2, 0) is 20.7 Å². The summed E-state index contributed by atoms with van der Waals surface area (Å²) in [5, 5.41) is 16.4. The Morgan fingerprint density at radius 3 is 2.41 bits per heavy atom. The number of pyridine rings is 1. The second kappa shape index (κ2) is 18.6. The number of urea groups is 1. The van der Waals surface area contributed by atoms with Gasteiger partial charge in [-0.05, 0) is 95.0 Å². The molecule has 1 saturated carbocycles. The summed E-state index contributed by atoms with van der Waals surface area (Å²) in [6, 6.07) is 12.6. The summed E-state index contributed by atoms with van der Waals surface area (Å²) >= 11 is 0. The summed E-state index contributed by atoms with van der Waals surface area (Å²) in [6.07, 6.45) is 9.10. The van der Waals surface area contributed by atoms with Crippen molar-refractivity contribution in [2.24, 2.45) is 5.92 Å². The van der Waals surface area contributed by atoms with E-state index in [1.54, 1.807) is 32.9 Å². The first-order valence-electron chi connectivity index (χ1n) is 19.2. The van der Waals surface area contributed by atoms with Crippen molar-refractivity contribution in [2.75, 3.05) is 18.4 Å². The highest BCUT2D eigenvalue weighted by molar-refractivity contribution is 5.99. The van der Waals surface area contributed by atoms with Crippen LogP contribution in [0.1, 0.15) is 89.7 Å². The fourth-order valence-corrected chi connectivity index (χ4v) is 7.11. The number of ether oxygens (including phenoxy) is 1. The molecule has 1 aliphatic carbocycles. The standard InChI is InChI=1S/C41H55N7O6/c1-26-22-36(49)46-34-24-29(17-18-30(26)34)45-37(50)33(16-10-11-20-43-40(53)54-41(2,3)4)47-38(51)35(23-27-12-6-5-7-13-27)48-39(52)42-21-19-28-25-44-32-15-9-8-14-31(28)32/h8-9,14-15,17-18,22,24-25,27,33,35,44H,5-7,10-13,16,19-21,23H2,1-4H3,(H,43,53)(H,45,50)(H,46,49)(H,47,51)(H2,42,48,52). The van der Waals surface area contributed by atoms with Crippen LogP contribution >= 0.6 is 0 Å². The maximum atomic E-state index is 14.0. The summed E-state index contributed by atoms with van der Waals surface area (Å²) < 4.78 is 5.31. The van der Waals surface area contributed by atoms with Gasteiger partial charge in [-0.1, -0.05) is 56.4 Å². The first kappa shape index (κ1) is 39.9. The van der Waals surface area contributed by atoms with Crippen molar-refractivity contribution in [1.82, 2.24) is 31.2 Å². The van der Waals surface area contributed by atoms with Crippen molar-refractivity contribution in [3.63, 3.8) is 0 Å². The predicted molar refractivity (Wildman–Crippen MR) is 211 cm³/mol. The lowest BCUT2D eigenvalue weighted by Gasteiger charge is -2.28. The summed E-state index contributed by atoms with van der Waals surface area (Å²) in [4.78, 5) is 71.4. The highest BCUT2D eigenvalue weighted by Gasteiger charge is 2.30. The Balaban J connectivity index is 1.25. The van der Waals surface area contributed by atoms with E-state index < -0.39 is 41.6 Å². The predicted octanol–water partition coefficient (Wildman–Crippen LogP) is 6.32. The second-order valence-electron chi connectivity index (χ2n) is 15.4. The quantitative estimate of drug-likeness (QED) is 0.0699. The van der Waals surface area contributed by atoms with Crippen molar-refractivity contribution in [3.8, 4) is 0 Å². The number of aromatic amines is 2. The molecule has 1 aliphatic rings. The van der Waals surface area contributed by atoms with Crippen molar-refractivity contribution < 1.29 is 23.9 Å². The number of nitrogens with one attached hydrogen (secondary N) is 7. The van der Waals surface area contributed by atoms with Gasteiger partial charge in [0, 0.05) is 47.3 Å². The molecule has 0 radical (unpaired) electrons. The Hall–Kier alpha value is -5.33. The van der Waals surface area contributed by atoms with E-state index in [-0.39, 0.29) is 17.9 Å². The van der Waals surface area contributed by atoms with E-state index in [1.807, 2.05) is 43.5 Å². The molecule has 2 atom stereocenters. The number of carbonyl (C=O) groups is 4. The highest BCUT2D eigenvalue weighted by Crippen LogP contribution is 2.28. The van der Waals surface area contributed by atoms with E-state index in [4.69, 9.17) is 4.74 Å². The first-order valence-corrected chi connectivity index (χ1v) is 19.2. The molecule has 4 aromatic rings. The Morgan fingerprint density at radius 2 is 1.63 bits per heavy atom. The molecule has 0 saturated heterocycles. The van der Waals surface area contributed by atoms with Crippen LogP contribution in [0.5, 0.6) is 0 Å². The minimum atomic E-state index is -0.938. The van der Waals surface area contributed by atoms with Gasteiger partial charge in [0.05, 0.1) is 5.52 Å². The Bertz CT molecular complexity index is 1970. The highest BCUT2D eigenvalue weighted by atomic mass is 16.6. The van der Waals surface area contributed by atoms with E-state index in [2.05, 4.69) is 36.6 Å². The van der Waals surface area contributed by atoms with Crippen LogP contribution in [0.2, 0.25) is 0 Å². The second-order valence-corrected chi connectivity index (χ2v) is 15.4. The van der Waals surface area contributed by atoms with Gasteiger partial charge in [-0.25, -0.2) is 9.59 Å². The Kier molecular flexibility index (Phi) is 13.7. The summed E-state index contributed by atoms with van der Waals surface area (Å²) in [5.74, 6) is -0.592. The fraction of sp³-hybridized carbons (Fsp3) is 0.488. The molecule has 7 N–H and O–H groups in total. The fourth-order valence-electron chi connectivity index (χ4n) is 7.11. The molecule has 0 bridgehead atoms. The molecule has 5 rings (SSSR count). The largest absolute Gasteiger partial charge is 0.444 e. The number of hydrogen-bond acceptors (Lipinski definition) is 6. The number of hydrogen-bond donors (Lipinski definition) is 7. The summed E-state index contributed by atoms with van der Waals surface area (Å²) in [5.41, 5.74) is 3.12. The van der Waals surface area contributed by atoms with Crippen LogP contribution in [0.15, 0.2) is 59.5 Å². The van der Waals surface area contributed by atoms with Crippen molar-refractivity contribution in [3.05, 3.63) is 76.2 Å². The first-order chi connectivity index (χ1) is 25.8. The van der Waals surface area contributed by atoms with E-state index >= 15 is 0 Å². The van der Waals surface area contributed by atoms with Gasteiger partial charge in [0.25, 0.3) is 0 Å². The zero-order valence-corrected chi connectivity index (χ0v) is 31.9. The van der Waals surface area contributed by atoms with Crippen LogP contribution in [0.3, 0.4) is 0 Å². The van der Waals surface area contributed by atoms with E-state index in [9.17, 15) is 24.0 Å². The normalized spacial score (nSPS) is 14.6. The molecule has 54 heavy (non-hydrogen) atoms. The maximum Gasteiger partial charge on any atom is 0.407 e. The minimum Gasteiger partial charge on any atom is -0.444 e. The van der Waals surface area contributed by atoms with Gasteiger partial charge >= 0.3 is 12.1 Å². The van der Waals surface area contributed by atoms with Gasteiger partial charge in [-0.15, -0.1) is 0 Å². The SMILES string of the molecule is Cc1cc(=O)[nH]c2cc(NC(=O)C(CCCCNC(=O)OC(C)(C)C)NC(=O)C(CC3CCCCC3)NC(=O)NCCc3c[nH]c4ccccc34)ccc12. The Labute approximate surface area is 316 Å². The monoisotopic (exact) mass is 741 g/mol. The number of aromatic nitrogens is 2. The zero-order chi connectivity index (χ0) is 38.7. The number of aryl methyl sites for hydroxylation is 1. The molecule has 13 heteroatoms. The molecule has 290 valence electrons. The zero-order valence-electron chi connectivity index (χ0n) is 31.9. The van der Waals surface area contributed by atoms with Crippen LogP contribution in [0, 0.1) is 12.8 Å². The van der Waals surface area contributed by atoms with Crippen LogP contribution in [0.4, 0.5) is 15.3 Å². The number of H-pyrrole nitrogens is 2. The third-order valence-corrected chi connectivity index (χ3v) is 9.81. The molecule has 0 spiro atoms. The molecule has 1 fully saturated rings. The summed E-state index contributed by atoms with van der Waals surface area (Å²) in [7, 11) is 0. The van der Waals surface area contributed by atoms with E-state index in [0.29, 0.717) is 50.0 Å². The molecular formula is C41H55N7O6. The third kappa shape index (κ3) is 11.8. The number of para-hydroxylation sites is 1. The molecule has 2 aromatic carbocycles. The van der Waals surface area contributed by atoms with Crippen molar-refractivity contribution >= 4 is 51.4 Å². The van der Waals surface area contributed by atoms with Gasteiger partial charge in [0.2, 0.25) is 17.4 Å². The third-order valence-electron chi connectivity index (χ3n) is 9.81. The van der Waals surface area contributed by atoms with Gasteiger partial charge in [-0.3, -0.25) is 14.4 Å². The molecule has 13 nitrogen and oxygen atoms in total. The molecule has 2 unspecified atom stereocenters. The van der Waals surface area contributed by atoms with Gasteiger partial charge < -0.3 is 41.3 Å². The van der Waals surface area contributed by atoms with Gasteiger partial charge in [-0.2, -0.15) is 0 Å². The van der Waals surface area contributed by atoms with Crippen molar-refractivity contribution in [2.45, 2.75) is 110 Å². The molecule has 2 aromatic heterocycles. The lowest BCUT2D eigenvalue weighted by Crippen LogP contribution is -2.55. The number of alkyl carbamates (subject to hydrolysis) is 1. The van der Waals surface area contributed by atoms with Crippen LogP contribution < -0.4 is 32.1 Å². The van der Waals surface area contributed by atoms with Crippen molar-refractivity contribution in [1.29, 1.82) is 0 Å². The van der Waals surface area contributed by atoms with Gasteiger partial charge in [0.1, 0.15) is 17.7 Å². The Morgan fingerprint density at radius 1 is 0.852 bits per heavy atom. The molecule has 5 amide bonds. The lowest BCUT2D eigenvalue weighted by molar-refractivity contribution is -0.128. The average Bonchev–Trinajstić information content (AvgIpc) is 3.53. The summed E-state index contributed by atoms with van der Waals surface area (Å²) in [6.45, 7) is 7.93. The topological polar surface area (TPSA) is 186 Å².